The van der Waals surface area contributed by atoms with Crippen molar-refractivity contribution in [3.05, 3.63) is 116 Å². The predicted molar refractivity (Wildman–Crippen MR) is 208 cm³/mol. The second-order valence-electron chi connectivity index (χ2n) is 14.0. The molecule has 6 rings (SSSR count). The topological polar surface area (TPSA) is 84.4 Å². The molecule has 3 amide bonds. The van der Waals surface area contributed by atoms with E-state index in [1.54, 1.807) is 38.6 Å². The molecule has 1 N–H and O–H groups in total. The lowest BCUT2D eigenvalue weighted by Gasteiger charge is -2.40. The summed E-state index contributed by atoms with van der Waals surface area (Å²) in [7, 11) is 0. The largest absolute Gasteiger partial charge is 0.394 e. The molecule has 268 valence electrons. The number of amides is 3. The molecule has 3 heterocycles. The van der Waals surface area contributed by atoms with E-state index in [4.69, 9.17) is 0 Å². The highest BCUT2D eigenvalue weighted by molar-refractivity contribution is 8.02. The summed E-state index contributed by atoms with van der Waals surface area (Å²) in [4.78, 5) is 52.7. The van der Waals surface area contributed by atoms with Gasteiger partial charge >= 0.3 is 0 Å². The first-order valence-electron chi connectivity index (χ1n) is 18.1. The number of thioether (sulfide) groups is 1. The maximum atomic E-state index is 15.3. The Labute approximate surface area is 306 Å². The number of aliphatic hydroxyl groups is 1. The monoisotopic (exact) mass is 706 g/mol. The van der Waals surface area contributed by atoms with Crippen LogP contribution in [0.1, 0.15) is 39.2 Å². The van der Waals surface area contributed by atoms with Crippen molar-refractivity contribution in [3.63, 3.8) is 0 Å². The Hall–Kier alpha value is -4.34. The average molecular weight is 707 g/mol. The Morgan fingerprint density at radius 3 is 1.98 bits per heavy atom. The van der Waals surface area contributed by atoms with E-state index in [0.717, 1.165) is 30.0 Å². The van der Waals surface area contributed by atoms with E-state index < -0.39 is 33.4 Å². The van der Waals surface area contributed by atoms with Crippen LogP contribution in [0.15, 0.2) is 110 Å². The van der Waals surface area contributed by atoms with Crippen molar-refractivity contribution >= 4 is 46.5 Å². The zero-order valence-electron chi connectivity index (χ0n) is 30.0. The molecule has 3 aliphatic heterocycles. The van der Waals surface area contributed by atoms with Crippen LogP contribution in [0.25, 0.3) is 0 Å². The van der Waals surface area contributed by atoms with Gasteiger partial charge in [-0.15, -0.1) is 24.9 Å². The third kappa shape index (κ3) is 6.40. The highest BCUT2D eigenvalue weighted by Gasteiger charge is 2.78. The quantitative estimate of drug-likeness (QED) is 0.186. The second-order valence-corrected chi connectivity index (χ2v) is 15.9. The highest BCUT2D eigenvalue weighted by atomic mass is 32.2. The summed E-state index contributed by atoms with van der Waals surface area (Å²) in [6.45, 7) is 16.2. The number of carbonyl (C=O) groups excluding carboxylic acids is 3. The Morgan fingerprint density at radius 2 is 1.41 bits per heavy atom. The minimum Gasteiger partial charge on any atom is -0.394 e. The molecule has 8 nitrogen and oxygen atoms in total. The number of hydrogen-bond acceptors (Lipinski definition) is 6. The third-order valence-corrected chi connectivity index (χ3v) is 13.1. The molecule has 51 heavy (non-hydrogen) atoms. The zero-order valence-corrected chi connectivity index (χ0v) is 30.8. The maximum Gasteiger partial charge on any atom is 0.251 e. The van der Waals surface area contributed by atoms with Gasteiger partial charge in [-0.05, 0) is 82.0 Å². The average Bonchev–Trinajstić information content (AvgIpc) is 3.73. The van der Waals surface area contributed by atoms with Gasteiger partial charge in [0.15, 0.2) is 0 Å². The summed E-state index contributed by atoms with van der Waals surface area (Å²) < 4.78 is -1.41. The van der Waals surface area contributed by atoms with Crippen LogP contribution in [0.5, 0.6) is 0 Å². The van der Waals surface area contributed by atoms with Crippen LogP contribution in [0.2, 0.25) is 0 Å². The summed E-state index contributed by atoms with van der Waals surface area (Å²) in [5, 5.41) is 11.0. The van der Waals surface area contributed by atoms with Gasteiger partial charge in [-0.25, -0.2) is 0 Å². The van der Waals surface area contributed by atoms with Crippen molar-refractivity contribution in [1.29, 1.82) is 0 Å². The van der Waals surface area contributed by atoms with Gasteiger partial charge < -0.3 is 24.7 Å². The molecule has 3 aromatic rings. The lowest BCUT2D eigenvalue weighted by molar-refractivity contribution is -0.142. The normalized spacial score (nSPS) is 25.3. The van der Waals surface area contributed by atoms with Crippen molar-refractivity contribution in [1.82, 2.24) is 4.90 Å². The van der Waals surface area contributed by atoms with E-state index in [-0.39, 0.29) is 30.9 Å². The van der Waals surface area contributed by atoms with Crippen LogP contribution < -0.4 is 14.7 Å². The number of nitrogens with zero attached hydrogens (tertiary/aromatic N) is 4. The first-order valence-corrected chi connectivity index (χ1v) is 18.9. The summed E-state index contributed by atoms with van der Waals surface area (Å²) >= 11 is 1.64. The molecule has 3 aromatic carbocycles. The number of benzene rings is 3. The molecule has 0 saturated carbocycles. The first-order chi connectivity index (χ1) is 24.7. The van der Waals surface area contributed by atoms with Crippen LogP contribution in [-0.4, -0.2) is 82.1 Å². The molecule has 1 spiro atoms. The van der Waals surface area contributed by atoms with E-state index in [1.807, 2.05) is 84.9 Å². The summed E-state index contributed by atoms with van der Waals surface area (Å²) in [5.41, 5.74) is 3.48. The van der Waals surface area contributed by atoms with Crippen molar-refractivity contribution in [3.8, 4) is 0 Å². The third-order valence-electron chi connectivity index (χ3n) is 11.1. The van der Waals surface area contributed by atoms with Crippen molar-refractivity contribution < 1.29 is 19.5 Å². The minimum absolute atomic E-state index is 0.136. The van der Waals surface area contributed by atoms with Crippen LogP contribution in [0.3, 0.4) is 0 Å². The van der Waals surface area contributed by atoms with E-state index in [2.05, 4.69) is 38.8 Å². The Morgan fingerprint density at radius 1 is 0.863 bits per heavy atom. The summed E-state index contributed by atoms with van der Waals surface area (Å²) in [6.07, 6.45) is 5.09. The molecular formula is C42H50N4O4S. The molecular weight excluding hydrogens is 657 g/mol. The second kappa shape index (κ2) is 15.1. The van der Waals surface area contributed by atoms with E-state index in [0.29, 0.717) is 31.5 Å². The Balaban J connectivity index is 1.46. The predicted octanol–water partition coefficient (Wildman–Crippen LogP) is 6.36. The fraction of sp³-hybridized carbons (Fsp3) is 0.405. The molecule has 2 bridgehead atoms. The van der Waals surface area contributed by atoms with Gasteiger partial charge in [0.25, 0.3) is 5.91 Å². The standard InChI is InChI=1S/C42H50N4O4S/c1-6-26-44(32-18-14-11-15-19-32)38(48)35-36-39(49)46(34(29-47)28-30-16-12-10-13-17-30)37(42(36)25-24-41(35,5)51-42)40(50)45(27-7-2)33-22-20-31(21-23-33)43(8-3)9-4/h6-7,10-23,34-37,47H,1-2,8-9,24-29H2,3-5H3/t34-,35+,36+,37?,41-,42?/m1/s1. The van der Waals surface area contributed by atoms with Gasteiger partial charge in [-0.1, -0.05) is 60.7 Å². The molecule has 3 fully saturated rings. The Bertz CT molecular complexity index is 1730. The Kier molecular flexibility index (Phi) is 10.8. The summed E-state index contributed by atoms with van der Waals surface area (Å²) in [5.74, 6) is -1.99. The number of fused-ring (bicyclic) bond motifs is 1. The summed E-state index contributed by atoms with van der Waals surface area (Å²) in [6, 6.07) is 25.7. The molecule has 0 aromatic heterocycles. The zero-order chi connectivity index (χ0) is 36.3. The van der Waals surface area contributed by atoms with Gasteiger partial charge in [-0.2, -0.15) is 0 Å². The first kappa shape index (κ1) is 36.5. The molecule has 2 unspecified atom stereocenters. The SMILES string of the molecule is C=CCN(C(=O)C1N([C@@H](CO)Cc2ccccc2)C(=O)[C@@H]2[C@@H](C(=O)N(CC=C)c3ccccc3)[C@@]3(C)CCC12S3)c1ccc(N(CC)CC)cc1. The highest BCUT2D eigenvalue weighted by Crippen LogP contribution is 2.72. The maximum absolute atomic E-state index is 15.3. The van der Waals surface area contributed by atoms with E-state index in [9.17, 15) is 9.90 Å². The number of hydrogen-bond donors (Lipinski definition) is 1. The molecule has 0 aliphatic carbocycles. The van der Waals surface area contributed by atoms with E-state index >= 15 is 9.59 Å². The van der Waals surface area contributed by atoms with Crippen LogP contribution in [0.4, 0.5) is 17.1 Å². The van der Waals surface area contributed by atoms with Crippen LogP contribution in [0, 0.1) is 11.8 Å². The molecule has 6 atom stereocenters. The lowest BCUT2D eigenvalue weighted by Crippen LogP contribution is -2.58. The minimum atomic E-state index is -0.896. The van der Waals surface area contributed by atoms with Crippen molar-refractivity contribution in [2.45, 2.75) is 61.6 Å². The fourth-order valence-corrected chi connectivity index (χ4v) is 11.1. The molecule has 3 aliphatic rings. The number of anilines is 3. The van der Waals surface area contributed by atoms with Gasteiger partial charge in [-0.3, -0.25) is 14.4 Å². The van der Waals surface area contributed by atoms with Crippen molar-refractivity contribution in [2.24, 2.45) is 11.8 Å². The van der Waals surface area contributed by atoms with Gasteiger partial charge in [0.05, 0.1) is 29.2 Å². The number of likely N-dealkylation sites (tertiary alicyclic amines) is 1. The molecule has 0 radical (unpaired) electrons. The smallest absolute Gasteiger partial charge is 0.251 e. The van der Waals surface area contributed by atoms with Gasteiger partial charge in [0, 0.05) is 48.0 Å². The molecule has 3 saturated heterocycles. The van der Waals surface area contributed by atoms with E-state index in [1.165, 1.54) is 0 Å². The number of aliphatic hydroxyl groups excluding tert-OH is 1. The van der Waals surface area contributed by atoms with Gasteiger partial charge in [0.2, 0.25) is 11.8 Å². The molecule has 9 heteroatoms. The van der Waals surface area contributed by atoms with Crippen molar-refractivity contribution in [2.75, 3.05) is 47.5 Å². The number of carbonyl (C=O) groups is 3. The number of rotatable bonds is 15. The van der Waals surface area contributed by atoms with Crippen LogP contribution >= 0.6 is 11.8 Å². The van der Waals surface area contributed by atoms with Gasteiger partial charge in [0.1, 0.15) is 6.04 Å². The lowest BCUT2D eigenvalue weighted by atomic mass is 9.66. The number of para-hydroxylation sites is 1. The van der Waals surface area contributed by atoms with Crippen LogP contribution in [-0.2, 0) is 20.8 Å². The fourth-order valence-electron chi connectivity index (χ4n) is 8.81.